The van der Waals surface area contributed by atoms with Crippen LogP contribution in [0.5, 0.6) is 11.5 Å². The summed E-state index contributed by atoms with van der Waals surface area (Å²) in [6.07, 6.45) is 0. The van der Waals surface area contributed by atoms with Gasteiger partial charge in [0.05, 0.1) is 30.9 Å². The first-order valence-electron chi connectivity index (χ1n) is 14.3. The van der Waals surface area contributed by atoms with Gasteiger partial charge < -0.3 is 14.8 Å². The predicted octanol–water partition coefficient (Wildman–Crippen LogP) is 6.28. The maximum atomic E-state index is 14.2. The molecule has 3 unspecified atom stereocenters. The number of ether oxygens (including phenoxy) is 2. The van der Waals surface area contributed by atoms with Crippen LogP contribution in [0.3, 0.4) is 0 Å². The van der Waals surface area contributed by atoms with Crippen LogP contribution in [0.1, 0.15) is 16.4 Å². The first kappa shape index (κ1) is 30.3. The van der Waals surface area contributed by atoms with E-state index >= 15 is 0 Å². The SMILES string of the molecule is COc1ccc(C2c3sc(=O)n(CC(=O)Nc4ccc5ccccc5c4)c3SC3C(=O)N(c4ccc(Br)cc4)C(=O)C32)cc1OC. The number of aromatic nitrogens is 1. The lowest BCUT2D eigenvalue weighted by atomic mass is 9.83. The molecule has 46 heavy (non-hydrogen) atoms. The molecule has 0 bridgehead atoms. The molecule has 2 aliphatic heterocycles. The Morgan fingerprint density at radius 2 is 1.61 bits per heavy atom. The highest BCUT2D eigenvalue weighted by Crippen LogP contribution is 2.54. The van der Waals surface area contributed by atoms with Crippen molar-refractivity contribution in [3.8, 4) is 11.5 Å². The summed E-state index contributed by atoms with van der Waals surface area (Å²) < 4.78 is 13.2. The summed E-state index contributed by atoms with van der Waals surface area (Å²) >= 11 is 5.57. The van der Waals surface area contributed by atoms with E-state index in [2.05, 4.69) is 21.2 Å². The van der Waals surface area contributed by atoms with Crippen molar-refractivity contribution in [2.75, 3.05) is 24.4 Å². The van der Waals surface area contributed by atoms with Crippen molar-refractivity contribution in [1.29, 1.82) is 0 Å². The lowest BCUT2D eigenvalue weighted by Crippen LogP contribution is -2.33. The molecular weight excluding hydrogens is 690 g/mol. The van der Waals surface area contributed by atoms with E-state index < -0.39 is 17.1 Å². The topological polar surface area (TPSA) is 107 Å². The first-order valence-corrected chi connectivity index (χ1v) is 16.8. The number of anilines is 2. The van der Waals surface area contributed by atoms with Gasteiger partial charge in [-0.2, -0.15) is 0 Å². The number of amides is 3. The molecule has 232 valence electrons. The van der Waals surface area contributed by atoms with Crippen LogP contribution < -0.4 is 24.6 Å². The van der Waals surface area contributed by atoms with Gasteiger partial charge in [0.1, 0.15) is 11.8 Å². The fourth-order valence-corrected chi connectivity index (χ4v) is 9.15. The molecule has 12 heteroatoms. The van der Waals surface area contributed by atoms with Crippen LogP contribution in [0.4, 0.5) is 11.4 Å². The smallest absolute Gasteiger partial charge is 0.308 e. The van der Waals surface area contributed by atoms with E-state index in [0.717, 1.165) is 26.6 Å². The molecule has 7 rings (SSSR count). The van der Waals surface area contributed by atoms with Gasteiger partial charge in [-0.1, -0.05) is 75.4 Å². The van der Waals surface area contributed by atoms with Gasteiger partial charge in [-0.25, -0.2) is 4.90 Å². The molecule has 3 heterocycles. The zero-order valence-electron chi connectivity index (χ0n) is 24.6. The van der Waals surface area contributed by atoms with E-state index in [4.69, 9.17) is 9.47 Å². The van der Waals surface area contributed by atoms with Crippen molar-refractivity contribution in [2.24, 2.45) is 5.92 Å². The molecule has 1 saturated heterocycles. The number of methoxy groups -OCH3 is 2. The Balaban J connectivity index is 1.28. The van der Waals surface area contributed by atoms with Crippen LogP contribution in [-0.2, 0) is 20.9 Å². The summed E-state index contributed by atoms with van der Waals surface area (Å²) in [6, 6.07) is 25.8. The zero-order chi connectivity index (χ0) is 32.1. The van der Waals surface area contributed by atoms with Crippen molar-refractivity contribution in [3.63, 3.8) is 0 Å². The number of hydrogen-bond donors (Lipinski definition) is 1. The molecular formula is C34H26BrN3O6S2. The van der Waals surface area contributed by atoms with Gasteiger partial charge in [-0.05, 0) is 64.9 Å². The summed E-state index contributed by atoms with van der Waals surface area (Å²) in [6.45, 7) is -0.251. The Hall–Kier alpha value is -4.39. The van der Waals surface area contributed by atoms with Gasteiger partial charge >= 0.3 is 4.87 Å². The third-order valence-corrected chi connectivity index (χ3v) is 11.4. The van der Waals surface area contributed by atoms with Gasteiger partial charge in [0.15, 0.2) is 11.5 Å². The summed E-state index contributed by atoms with van der Waals surface area (Å²) in [4.78, 5) is 56.5. The molecule has 3 amide bonds. The zero-order valence-corrected chi connectivity index (χ0v) is 27.8. The van der Waals surface area contributed by atoms with Crippen molar-refractivity contribution in [2.45, 2.75) is 22.7 Å². The van der Waals surface area contributed by atoms with Gasteiger partial charge in [0.2, 0.25) is 17.7 Å². The van der Waals surface area contributed by atoms with Gasteiger partial charge in [0, 0.05) is 21.0 Å². The summed E-state index contributed by atoms with van der Waals surface area (Å²) in [5.74, 6) is -1.56. The molecule has 4 aromatic carbocycles. The Bertz CT molecular complexity index is 2090. The number of imide groups is 1. The van der Waals surface area contributed by atoms with E-state index in [1.54, 1.807) is 36.4 Å². The second kappa shape index (κ2) is 12.1. The second-order valence-corrected chi connectivity index (χ2v) is 13.9. The monoisotopic (exact) mass is 715 g/mol. The van der Waals surface area contributed by atoms with E-state index in [9.17, 15) is 19.2 Å². The van der Waals surface area contributed by atoms with Crippen LogP contribution in [0, 0.1) is 5.92 Å². The lowest BCUT2D eigenvalue weighted by molar-refractivity contribution is -0.122. The van der Waals surface area contributed by atoms with Crippen LogP contribution >= 0.6 is 39.0 Å². The predicted molar refractivity (Wildman–Crippen MR) is 182 cm³/mol. The molecule has 0 aliphatic carbocycles. The van der Waals surface area contributed by atoms with E-state index in [1.807, 2.05) is 48.5 Å². The Morgan fingerprint density at radius 1 is 0.870 bits per heavy atom. The van der Waals surface area contributed by atoms with Crippen molar-refractivity contribution >= 4 is 78.9 Å². The Labute approximate surface area is 280 Å². The van der Waals surface area contributed by atoms with Crippen LogP contribution in [0.25, 0.3) is 10.8 Å². The van der Waals surface area contributed by atoms with Gasteiger partial charge in [0.25, 0.3) is 0 Å². The number of halogens is 1. The van der Waals surface area contributed by atoms with Crippen molar-refractivity contribution in [3.05, 3.63) is 110 Å². The average molecular weight is 717 g/mol. The van der Waals surface area contributed by atoms with Gasteiger partial charge in [-0.15, -0.1) is 0 Å². The molecule has 5 aromatic rings. The number of rotatable bonds is 7. The number of carbonyl (C=O) groups excluding carboxylic acids is 3. The fourth-order valence-electron chi connectivity index (χ4n) is 6.12. The fraction of sp³-hybridized carbons (Fsp3) is 0.176. The number of hydrogen-bond acceptors (Lipinski definition) is 8. The van der Waals surface area contributed by atoms with Crippen molar-refractivity contribution < 1.29 is 23.9 Å². The van der Waals surface area contributed by atoms with E-state index in [0.29, 0.717) is 38.3 Å². The number of carbonyl (C=O) groups is 3. The van der Waals surface area contributed by atoms with Crippen LogP contribution in [0.15, 0.2) is 99.2 Å². The minimum absolute atomic E-state index is 0.251. The normalized spacial score (nSPS) is 18.8. The quantitative estimate of drug-likeness (QED) is 0.198. The van der Waals surface area contributed by atoms with Crippen LogP contribution in [-0.4, -0.2) is 41.8 Å². The van der Waals surface area contributed by atoms with E-state index in [1.165, 1.54) is 35.4 Å². The Kier molecular flexibility index (Phi) is 7.95. The van der Waals surface area contributed by atoms with E-state index in [-0.39, 0.29) is 29.1 Å². The highest BCUT2D eigenvalue weighted by molar-refractivity contribution is 9.10. The minimum atomic E-state index is -0.814. The standard InChI is InChI=1S/C34H26BrN3O6S2/c1-43-24-14-8-20(16-25(24)44-2)27-28-29(32(41)38(31(28)40)23-12-9-21(35)10-13-23)45-33-30(27)46-34(42)37(33)17-26(39)36-22-11-7-18-5-3-4-6-19(18)15-22/h3-16,27-29H,17H2,1-2H3,(H,36,39). The third kappa shape index (κ3) is 5.20. The third-order valence-electron chi connectivity index (χ3n) is 8.24. The number of thioether (sulfide) groups is 1. The number of thiazole rings is 1. The molecule has 3 atom stereocenters. The molecule has 0 saturated carbocycles. The summed E-state index contributed by atoms with van der Waals surface area (Å²) in [5, 5.41) is 4.62. The molecule has 1 aromatic heterocycles. The summed E-state index contributed by atoms with van der Waals surface area (Å²) in [7, 11) is 3.06. The largest absolute Gasteiger partial charge is 0.493 e. The highest BCUT2D eigenvalue weighted by atomic mass is 79.9. The highest BCUT2D eigenvalue weighted by Gasteiger charge is 2.57. The van der Waals surface area contributed by atoms with Gasteiger partial charge in [-0.3, -0.25) is 23.7 Å². The molecule has 9 nitrogen and oxygen atoms in total. The second-order valence-electron chi connectivity index (χ2n) is 10.9. The lowest BCUT2D eigenvalue weighted by Gasteiger charge is -2.31. The molecule has 2 aliphatic rings. The maximum absolute atomic E-state index is 14.2. The molecule has 0 spiro atoms. The Morgan fingerprint density at radius 3 is 2.35 bits per heavy atom. The van der Waals surface area contributed by atoms with Crippen LogP contribution in [0.2, 0.25) is 0 Å². The average Bonchev–Trinajstić information content (AvgIpc) is 3.50. The number of nitrogens with one attached hydrogen (secondary N) is 1. The molecule has 1 N–H and O–H groups in total. The van der Waals surface area contributed by atoms with Crippen molar-refractivity contribution in [1.82, 2.24) is 4.57 Å². The summed E-state index contributed by atoms with van der Waals surface area (Å²) in [5.41, 5.74) is 1.77. The first-order chi connectivity index (χ1) is 22.3. The maximum Gasteiger partial charge on any atom is 0.308 e. The number of nitrogens with zero attached hydrogens (tertiary/aromatic N) is 2. The molecule has 0 radical (unpaired) electrons. The number of benzene rings is 4. The molecule has 1 fully saturated rings. The number of fused-ring (bicyclic) bond motifs is 3. The minimum Gasteiger partial charge on any atom is -0.493 e.